The van der Waals surface area contributed by atoms with Crippen LogP contribution in [-0.2, 0) is 24.7 Å². The molecule has 0 aliphatic carbocycles. The van der Waals surface area contributed by atoms with E-state index in [4.69, 9.17) is 0 Å². The van der Waals surface area contributed by atoms with Gasteiger partial charge in [-0.25, -0.2) is 0 Å². The predicted molar refractivity (Wildman–Crippen MR) is 166 cm³/mol. The Kier molecular flexibility index (Phi) is 8.48. The highest BCUT2D eigenvalue weighted by Crippen LogP contribution is 2.52. The molecule has 0 fully saturated rings. The Morgan fingerprint density at radius 2 is 0.440 bits per heavy atom. The Balaban J connectivity index is 1.79. The van der Waals surface area contributed by atoms with E-state index in [-0.39, 0.29) is 44.5 Å². The van der Waals surface area contributed by atoms with Crippen molar-refractivity contribution in [2.45, 2.75) is 24.7 Å². The third-order valence-corrected chi connectivity index (χ3v) is 8.22. The standard InChI is InChI=1S/C38H20F12/c39-35(40,41)25-13-5-21(6-14-25)31-29-3-1-2-4-30(29)32(22-7-15-26(16-8-22)36(42,43)44)34(24-11-19-28(20-12-24)38(48,49)50)33(31)23-9-17-27(18-10-23)37(45,46)47/h1-20H. The SMILES string of the molecule is FC(F)(F)c1ccc(-c2c(-c3ccc(C(F)(F)F)cc3)c(-c3ccc(C(F)(F)F)cc3)c3ccccc3c2-c2ccc(C(F)(F)F)cc2)cc1. The van der Waals surface area contributed by atoms with Crippen LogP contribution in [0.5, 0.6) is 0 Å². The first-order chi connectivity index (χ1) is 23.3. The van der Waals surface area contributed by atoms with Gasteiger partial charge in [-0.3, -0.25) is 0 Å². The van der Waals surface area contributed by atoms with E-state index in [2.05, 4.69) is 0 Å². The molecule has 0 nitrogen and oxygen atoms in total. The summed E-state index contributed by atoms with van der Waals surface area (Å²) in [6.07, 6.45) is -18.9. The van der Waals surface area contributed by atoms with Crippen LogP contribution in [0.1, 0.15) is 22.3 Å². The van der Waals surface area contributed by atoms with Crippen LogP contribution in [0.2, 0.25) is 0 Å². The first-order valence-electron chi connectivity index (χ1n) is 14.6. The van der Waals surface area contributed by atoms with Crippen molar-refractivity contribution < 1.29 is 52.7 Å². The van der Waals surface area contributed by atoms with Gasteiger partial charge in [0.2, 0.25) is 0 Å². The summed E-state index contributed by atoms with van der Waals surface area (Å²) < 4.78 is 163. The molecule has 50 heavy (non-hydrogen) atoms. The van der Waals surface area contributed by atoms with Crippen LogP contribution >= 0.6 is 0 Å². The zero-order valence-corrected chi connectivity index (χ0v) is 25.1. The summed E-state index contributed by atoms with van der Waals surface area (Å²) in [6, 6.07) is 22.0. The fourth-order valence-corrected chi connectivity index (χ4v) is 5.92. The molecule has 0 spiro atoms. The summed E-state index contributed by atoms with van der Waals surface area (Å²) in [4.78, 5) is 0. The lowest BCUT2D eigenvalue weighted by molar-refractivity contribution is -0.138. The maximum absolute atomic E-state index is 13.6. The molecule has 0 unspecified atom stereocenters. The van der Waals surface area contributed by atoms with Crippen molar-refractivity contribution in [2.75, 3.05) is 0 Å². The second kappa shape index (κ2) is 12.3. The van der Waals surface area contributed by atoms with Gasteiger partial charge in [-0.1, -0.05) is 72.8 Å². The second-order valence-corrected chi connectivity index (χ2v) is 11.3. The van der Waals surface area contributed by atoms with Crippen LogP contribution in [0.25, 0.3) is 55.3 Å². The van der Waals surface area contributed by atoms with Crippen molar-refractivity contribution in [3.63, 3.8) is 0 Å². The highest BCUT2D eigenvalue weighted by atomic mass is 19.4. The van der Waals surface area contributed by atoms with Crippen molar-refractivity contribution in [1.29, 1.82) is 0 Å². The van der Waals surface area contributed by atoms with Crippen molar-refractivity contribution >= 4 is 10.8 Å². The smallest absolute Gasteiger partial charge is 0.166 e. The fourth-order valence-electron chi connectivity index (χ4n) is 5.92. The van der Waals surface area contributed by atoms with Crippen molar-refractivity contribution in [1.82, 2.24) is 0 Å². The number of hydrogen-bond donors (Lipinski definition) is 0. The van der Waals surface area contributed by atoms with Gasteiger partial charge in [0.15, 0.2) is 0 Å². The van der Waals surface area contributed by atoms with Crippen LogP contribution in [0.15, 0.2) is 121 Å². The molecule has 0 aliphatic rings. The lowest BCUT2D eigenvalue weighted by Crippen LogP contribution is -2.06. The van der Waals surface area contributed by atoms with Gasteiger partial charge in [0, 0.05) is 0 Å². The molecule has 6 rings (SSSR count). The zero-order chi connectivity index (χ0) is 36.2. The Morgan fingerprint density at radius 1 is 0.240 bits per heavy atom. The molecule has 0 radical (unpaired) electrons. The highest BCUT2D eigenvalue weighted by molar-refractivity contribution is 6.18. The van der Waals surface area contributed by atoms with E-state index >= 15 is 0 Å². The Bertz CT molecular complexity index is 1990. The number of benzene rings is 6. The summed E-state index contributed by atoms with van der Waals surface area (Å²) >= 11 is 0. The van der Waals surface area contributed by atoms with E-state index in [9.17, 15) is 52.7 Å². The first-order valence-corrected chi connectivity index (χ1v) is 14.6. The summed E-state index contributed by atoms with van der Waals surface area (Å²) in [7, 11) is 0. The summed E-state index contributed by atoms with van der Waals surface area (Å²) in [5.41, 5.74) is -2.65. The number of rotatable bonds is 4. The topological polar surface area (TPSA) is 0 Å². The molecule has 6 aromatic rings. The van der Waals surface area contributed by atoms with E-state index in [1.807, 2.05) is 0 Å². The summed E-state index contributed by atoms with van der Waals surface area (Å²) in [6.45, 7) is 0. The predicted octanol–water partition coefficient (Wildman–Crippen LogP) is 13.6. The minimum Gasteiger partial charge on any atom is -0.166 e. The molecule has 0 saturated carbocycles. The maximum atomic E-state index is 13.6. The molecular weight excluding hydrogens is 684 g/mol. The quantitative estimate of drug-likeness (QED) is 0.160. The van der Waals surface area contributed by atoms with Crippen molar-refractivity contribution in [2.24, 2.45) is 0 Å². The van der Waals surface area contributed by atoms with Gasteiger partial charge >= 0.3 is 24.7 Å². The van der Waals surface area contributed by atoms with E-state index in [1.165, 1.54) is 24.3 Å². The van der Waals surface area contributed by atoms with Gasteiger partial charge < -0.3 is 0 Å². The first kappa shape index (κ1) is 34.6. The number of hydrogen-bond acceptors (Lipinski definition) is 0. The van der Waals surface area contributed by atoms with Gasteiger partial charge in [-0.05, 0) is 104 Å². The third kappa shape index (κ3) is 6.66. The third-order valence-electron chi connectivity index (χ3n) is 8.22. The Morgan fingerprint density at radius 3 is 0.640 bits per heavy atom. The molecule has 0 saturated heterocycles. The molecule has 0 bridgehead atoms. The van der Waals surface area contributed by atoms with E-state index in [0.717, 1.165) is 72.8 Å². The minimum atomic E-state index is -4.74. The molecule has 0 N–H and O–H groups in total. The lowest BCUT2D eigenvalue weighted by atomic mass is 9.78. The van der Waals surface area contributed by atoms with Crippen LogP contribution in [0.4, 0.5) is 52.7 Å². The van der Waals surface area contributed by atoms with Gasteiger partial charge in [0.05, 0.1) is 22.3 Å². The van der Waals surface area contributed by atoms with Crippen LogP contribution in [0, 0.1) is 0 Å². The molecular formula is C38H20F12. The summed E-state index contributed by atoms with van der Waals surface area (Å²) in [5, 5.41) is 0.737. The van der Waals surface area contributed by atoms with Gasteiger partial charge in [-0.2, -0.15) is 52.7 Å². The molecule has 0 aliphatic heterocycles. The lowest BCUT2D eigenvalue weighted by Gasteiger charge is -2.25. The van der Waals surface area contributed by atoms with E-state index in [1.54, 1.807) is 24.3 Å². The van der Waals surface area contributed by atoms with Crippen molar-refractivity contribution in [3.8, 4) is 44.5 Å². The van der Waals surface area contributed by atoms with Crippen LogP contribution in [0.3, 0.4) is 0 Å². The average Bonchev–Trinajstić information content (AvgIpc) is 3.06. The van der Waals surface area contributed by atoms with Gasteiger partial charge in [0.25, 0.3) is 0 Å². The second-order valence-electron chi connectivity index (χ2n) is 11.3. The zero-order valence-electron chi connectivity index (χ0n) is 25.1. The number of alkyl halides is 12. The minimum absolute atomic E-state index is 0.113. The molecule has 0 aromatic heterocycles. The monoisotopic (exact) mass is 704 g/mol. The summed E-state index contributed by atoms with van der Waals surface area (Å²) in [5.74, 6) is 0. The normalized spacial score (nSPS) is 12.8. The van der Waals surface area contributed by atoms with E-state index in [0.29, 0.717) is 10.8 Å². The maximum Gasteiger partial charge on any atom is 0.416 e. The molecule has 0 atom stereocenters. The van der Waals surface area contributed by atoms with Gasteiger partial charge in [-0.15, -0.1) is 0 Å². The Hall–Kier alpha value is -5.26. The van der Waals surface area contributed by atoms with E-state index < -0.39 is 47.0 Å². The fraction of sp³-hybridized carbons (Fsp3) is 0.105. The number of halogens is 12. The highest BCUT2D eigenvalue weighted by Gasteiger charge is 2.34. The Labute approximate surface area is 276 Å². The largest absolute Gasteiger partial charge is 0.416 e. The number of fused-ring (bicyclic) bond motifs is 1. The molecule has 6 aromatic carbocycles. The molecule has 0 heterocycles. The van der Waals surface area contributed by atoms with Crippen molar-refractivity contribution in [3.05, 3.63) is 144 Å². The average molecular weight is 705 g/mol. The molecule has 12 heteroatoms. The molecule has 0 amide bonds. The van der Waals surface area contributed by atoms with Gasteiger partial charge in [0.1, 0.15) is 0 Å². The molecule has 256 valence electrons. The van der Waals surface area contributed by atoms with Crippen LogP contribution < -0.4 is 0 Å². The van der Waals surface area contributed by atoms with Crippen LogP contribution in [-0.4, -0.2) is 0 Å².